The average molecular weight is 577 g/mol. The van der Waals surface area contributed by atoms with E-state index in [4.69, 9.17) is 9.72 Å². The highest BCUT2D eigenvalue weighted by molar-refractivity contribution is 5.91. The first kappa shape index (κ1) is 29.8. The maximum atomic E-state index is 13.5. The number of ketones is 1. The predicted octanol–water partition coefficient (Wildman–Crippen LogP) is 7.87. The zero-order valence-electron chi connectivity index (χ0n) is 25.2. The van der Waals surface area contributed by atoms with Gasteiger partial charge < -0.3 is 20.0 Å². The van der Waals surface area contributed by atoms with E-state index in [1.54, 1.807) is 7.11 Å². The highest BCUT2D eigenvalue weighted by atomic mass is 16.5. The number of imidazole rings is 1. The first-order valence-corrected chi connectivity index (χ1v) is 15.1. The fourth-order valence-corrected chi connectivity index (χ4v) is 5.66. The number of carbonyl (C=O) groups is 2. The Morgan fingerprint density at radius 3 is 2.47 bits per heavy atom. The molecule has 0 spiro atoms. The van der Waals surface area contributed by atoms with Gasteiger partial charge in [-0.3, -0.25) is 9.59 Å². The minimum absolute atomic E-state index is 0.0689. The van der Waals surface area contributed by atoms with Crippen LogP contribution in [-0.4, -0.2) is 33.8 Å². The van der Waals surface area contributed by atoms with Crippen LogP contribution in [0.15, 0.2) is 79.0 Å². The number of hydrogen-bond acceptors (Lipinski definition) is 4. The van der Waals surface area contributed by atoms with Crippen molar-refractivity contribution in [2.45, 2.75) is 64.8 Å². The molecule has 1 atom stereocenters. The van der Waals surface area contributed by atoms with E-state index in [-0.39, 0.29) is 18.4 Å². The highest BCUT2D eigenvalue weighted by Gasteiger charge is 2.21. The van der Waals surface area contributed by atoms with E-state index in [1.165, 1.54) is 0 Å². The van der Waals surface area contributed by atoms with Crippen LogP contribution in [0.4, 0.5) is 0 Å². The summed E-state index contributed by atoms with van der Waals surface area (Å²) in [5, 5.41) is 4.26. The van der Waals surface area contributed by atoms with Gasteiger partial charge in [0.25, 0.3) is 0 Å². The van der Waals surface area contributed by atoms with Crippen molar-refractivity contribution in [3.8, 4) is 28.1 Å². The van der Waals surface area contributed by atoms with Crippen molar-refractivity contribution in [3.05, 3.63) is 96.1 Å². The fourth-order valence-electron chi connectivity index (χ4n) is 5.66. The Labute approximate surface area is 253 Å². The molecule has 43 heavy (non-hydrogen) atoms. The van der Waals surface area contributed by atoms with Gasteiger partial charge in [-0.1, -0.05) is 74.4 Å². The molecule has 7 nitrogen and oxygen atoms in total. The van der Waals surface area contributed by atoms with Crippen LogP contribution in [0, 0.1) is 6.92 Å². The van der Waals surface area contributed by atoms with Crippen LogP contribution < -0.4 is 10.1 Å². The van der Waals surface area contributed by atoms with Gasteiger partial charge in [-0.05, 0) is 54.7 Å². The number of nitrogens with zero attached hydrogens (tertiary/aromatic N) is 1. The number of methoxy groups -OCH3 is 1. The number of nitrogens with one attached hydrogen (secondary N) is 3. The largest absolute Gasteiger partial charge is 0.497 e. The second-order valence-corrected chi connectivity index (χ2v) is 11.0. The van der Waals surface area contributed by atoms with Crippen molar-refractivity contribution < 1.29 is 14.3 Å². The molecule has 0 radical (unpaired) electrons. The second kappa shape index (κ2) is 14.0. The van der Waals surface area contributed by atoms with Crippen molar-refractivity contribution >= 4 is 22.6 Å². The van der Waals surface area contributed by atoms with Gasteiger partial charge in [0.15, 0.2) is 0 Å². The van der Waals surface area contributed by atoms with Crippen molar-refractivity contribution in [2.24, 2.45) is 0 Å². The van der Waals surface area contributed by atoms with Crippen LogP contribution in [0.5, 0.6) is 5.75 Å². The van der Waals surface area contributed by atoms with Gasteiger partial charge in [0.1, 0.15) is 17.4 Å². The Bertz CT molecular complexity index is 1690. The van der Waals surface area contributed by atoms with E-state index < -0.39 is 0 Å². The summed E-state index contributed by atoms with van der Waals surface area (Å²) in [6.45, 7) is 3.90. The molecule has 222 valence electrons. The summed E-state index contributed by atoms with van der Waals surface area (Å²) in [4.78, 5) is 37.0. The van der Waals surface area contributed by atoms with Gasteiger partial charge in [0, 0.05) is 35.0 Å². The van der Waals surface area contributed by atoms with Crippen LogP contribution in [0.2, 0.25) is 0 Å². The van der Waals surface area contributed by atoms with Gasteiger partial charge in [-0.2, -0.15) is 0 Å². The quantitative estimate of drug-likeness (QED) is 0.117. The summed E-state index contributed by atoms with van der Waals surface area (Å²) in [6, 6.07) is 24.1. The monoisotopic (exact) mass is 576 g/mol. The summed E-state index contributed by atoms with van der Waals surface area (Å²) in [7, 11) is 1.64. The van der Waals surface area contributed by atoms with Crippen molar-refractivity contribution in [2.75, 3.05) is 7.11 Å². The lowest BCUT2D eigenvalue weighted by Crippen LogP contribution is -2.30. The van der Waals surface area contributed by atoms with Gasteiger partial charge in [0.05, 0.1) is 31.5 Å². The third kappa shape index (κ3) is 7.23. The van der Waals surface area contributed by atoms with E-state index in [2.05, 4.69) is 39.6 Å². The number of H-pyrrole nitrogens is 2. The number of amides is 1. The van der Waals surface area contributed by atoms with E-state index in [1.807, 2.05) is 68.6 Å². The first-order valence-electron chi connectivity index (χ1n) is 15.1. The SMILES string of the molecule is CCC(=O)CCCCCC(NC(=O)Cc1c(C)[nH]c2ccc(OC)cc12)c1ncc(-c2ccccc2-c2ccccc2)[nH]1. The van der Waals surface area contributed by atoms with Crippen LogP contribution in [0.1, 0.15) is 68.6 Å². The molecule has 3 N–H and O–H groups in total. The minimum atomic E-state index is -0.285. The first-order chi connectivity index (χ1) is 21.0. The van der Waals surface area contributed by atoms with E-state index in [0.717, 1.165) is 81.8 Å². The van der Waals surface area contributed by atoms with Gasteiger partial charge >= 0.3 is 0 Å². The highest BCUT2D eigenvalue weighted by Crippen LogP contribution is 2.32. The van der Waals surface area contributed by atoms with Gasteiger partial charge in [-0.15, -0.1) is 0 Å². The number of fused-ring (bicyclic) bond motifs is 1. The molecule has 0 saturated heterocycles. The smallest absolute Gasteiger partial charge is 0.225 e. The number of rotatable bonds is 14. The number of aromatic amines is 2. The molecular formula is C36H40N4O3. The Hall–Kier alpha value is -4.65. The van der Waals surface area contributed by atoms with Gasteiger partial charge in [-0.25, -0.2) is 4.98 Å². The molecule has 1 unspecified atom stereocenters. The lowest BCUT2D eigenvalue weighted by molar-refractivity contribution is -0.121. The number of carbonyl (C=O) groups excluding carboxylic acids is 2. The minimum Gasteiger partial charge on any atom is -0.497 e. The number of aryl methyl sites for hydroxylation is 1. The maximum absolute atomic E-state index is 13.5. The Morgan fingerprint density at radius 2 is 1.70 bits per heavy atom. The number of unbranched alkanes of at least 4 members (excludes halogenated alkanes) is 2. The number of aromatic nitrogens is 3. The second-order valence-electron chi connectivity index (χ2n) is 11.0. The molecule has 0 saturated carbocycles. The predicted molar refractivity (Wildman–Crippen MR) is 172 cm³/mol. The van der Waals surface area contributed by atoms with Gasteiger partial charge in [0.2, 0.25) is 5.91 Å². The maximum Gasteiger partial charge on any atom is 0.225 e. The number of Topliss-reactive ketones (excluding diaryl/α,β-unsaturated/α-hetero) is 1. The Kier molecular flexibility index (Phi) is 9.72. The van der Waals surface area contributed by atoms with Crippen LogP contribution in [0.3, 0.4) is 0 Å². The van der Waals surface area contributed by atoms with Crippen LogP contribution >= 0.6 is 0 Å². The summed E-state index contributed by atoms with van der Waals surface area (Å²) >= 11 is 0. The Balaban J connectivity index is 1.37. The van der Waals surface area contributed by atoms with Crippen molar-refractivity contribution in [1.82, 2.24) is 20.3 Å². The lowest BCUT2D eigenvalue weighted by Gasteiger charge is -2.17. The summed E-state index contributed by atoms with van der Waals surface area (Å²) in [5.41, 5.74) is 7.11. The molecule has 0 aliphatic heterocycles. The zero-order chi connectivity index (χ0) is 30.2. The standard InChI is InChI=1S/C36H40N4O3/c1-4-26(41)15-9-6-10-18-33(39-35(42)22-30-24(2)38-32-20-19-27(43-3)21-31(30)32)36-37-23-34(40-36)29-17-12-11-16-28(29)25-13-7-5-8-14-25/h5,7-8,11-14,16-17,19-21,23,33,38H,4,6,9-10,15,18,22H2,1-3H3,(H,37,40)(H,39,42). The normalized spacial score (nSPS) is 11.9. The molecule has 7 heteroatoms. The molecule has 1 amide bonds. The third-order valence-electron chi connectivity index (χ3n) is 8.07. The average Bonchev–Trinajstić information content (AvgIpc) is 3.65. The molecule has 3 aromatic carbocycles. The van der Waals surface area contributed by atoms with E-state index >= 15 is 0 Å². The molecule has 5 rings (SSSR count). The number of ether oxygens (including phenoxy) is 1. The molecule has 0 bridgehead atoms. The summed E-state index contributed by atoms with van der Waals surface area (Å²) in [6.07, 6.45) is 6.66. The lowest BCUT2D eigenvalue weighted by atomic mass is 9.98. The third-order valence-corrected chi connectivity index (χ3v) is 8.07. The van der Waals surface area contributed by atoms with Crippen LogP contribution in [-0.2, 0) is 16.0 Å². The molecular weight excluding hydrogens is 536 g/mol. The zero-order valence-corrected chi connectivity index (χ0v) is 25.2. The summed E-state index contributed by atoms with van der Waals surface area (Å²) < 4.78 is 5.43. The Morgan fingerprint density at radius 1 is 0.930 bits per heavy atom. The molecule has 0 aliphatic carbocycles. The fraction of sp³-hybridized carbons (Fsp3) is 0.306. The number of benzene rings is 3. The topological polar surface area (TPSA) is 99.9 Å². The molecule has 0 fully saturated rings. The summed E-state index contributed by atoms with van der Waals surface area (Å²) in [5.74, 6) is 1.71. The molecule has 2 aromatic heterocycles. The van der Waals surface area contributed by atoms with Crippen LogP contribution in [0.25, 0.3) is 33.3 Å². The molecule has 2 heterocycles. The van der Waals surface area contributed by atoms with Crippen molar-refractivity contribution in [3.63, 3.8) is 0 Å². The van der Waals surface area contributed by atoms with E-state index in [0.29, 0.717) is 18.6 Å². The molecule has 5 aromatic rings. The number of hydrogen-bond donors (Lipinski definition) is 3. The molecule has 0 aliphatic rings. The van der Waals surface area contributed by atoms with E-state index in [9.17, 15) is 9.59 Å². The van der Waals surface area contributed by atoms with Crippen molar-refractivity contribution in [1.29, 1.82) is 0 Å².